The molecule has 0 saturated carbocycles. The Labute approximate surface area is 53.0 Å². The largest absolute Gasteiger partial charge is 0.358 e. The fourth-order valence-electron chi connectivity index (χ4n) is 0.663. The Morgan fingerprint density at radius 2 is 2.67 bits per heavy atom. The first-order valence-corrected chi connectivity index (χ1v) is 2.74. The second kappa shape index (κ2) is 3.23. The second-order valence-electron chi connectivity index (χ2n) is 1.66. The van der Waals surface area contributed by atoms with Crippen LogP contribution >= 0.6 is 0 Å². The highest BCUT2D eigenvalue weighted by atomic mass is 16.5. The molecule has 1 aliphatic heterocycles. The van der Waals surface area contributed by atoms with Gasteiger partial charge >= 0.3 is 0 Å². The summed E-state index contributed by atoms with van der Waals surface area (Å²) in [6, 6.07) is 0. The van der Waals surface area contributed by atoms with E-state index >= 15 is 0 Å². The monoisotopic (exact) mass is 125 g/mol. The Kier molecular flexibility index (Phi) is 2.25. The summed E-state index contributed by atoms with van der Waals surface area (Å²) in [4.78, 5) is 9.61. The Morgan fingerprint density at radius 3 is 3.22 bits per heavy atom. The lowest BCUT2D eigenvalue weighted by Gasteiger charge is -1.97. The van der Waals surface area contributed by atoms with E-state index in [0.29, 0.717) is 6.61 Å². The fourth-order valence-corrected chi connectivity index (χ4v) is 0.663. The first-order valence-electron chi connectivity index (χ1n) is 2.74. The minimum atomic E-state index is -0.133. The standard InChI is InChI=1S/C6H7NO2/c8-4-1-2-6-7-3-5-9-6/h2,6-7H,3,5H2. The third kappa shape index (κ3) is 1.84. The van der Waals surface area contributed by atoms with E-state index in [1.165, 1.54) is 12.0 Å². The molecular formula is C6H7NO2. The lowest BCUT2D eigenvalue weighted by molar-refractivity contribution is 0.138. The summed E-state index contributed by atoms with van der Waals surface area (Å²) in [5.41, 5.74) is 2.27. The number of nitrogens with one attached hydrogen (secondary N) is 1. The molecule has 1 heterocycles. The maximum absolute atomic E-state index is 9.61. The van der Waals surface area contributed by atoms with Crippen molar-refractivity contribution >= 4 is 5.94 Å². The quantitative estimate of drug-likeness (QED) is 0.378. The summed E-state index contributed by atoms with van der Waals surface area (Å²) in [5, 5.41) is 2.97. The molecule has 0 bridgehead atoms. The van der Waals surface area contributed by atoms with Crippen LogP contribution in [-0.2, 0) is 9.53 Å². The summed E-state index contributed by atoms with van der Waals surface area (Å²) in [5.74, 6) is 1.52. The number of ether oxygens (including phenoxy) is 1. The summed E-state index contributed by atoms with van der Waals surface area (Å²) in [7, 11) is 0. The molecule has 3 nitrogen and oxygen atoms in total. The van der Waals surface area contributed by atoms with E-state index in [4.69, 9.17) is 4.74 Å². The van der Waals surface area contributed by atoms with Gasteiger partial charge in [0.25, 0.3) is 0 Å². The average Bonchev–Trinajstić information content (AvgIpc) is 2.34. The molecule has 48 valence electrons. The fraction of sp³-hybridized carbons (Fsp3) is 0.500. The molecule has 0 radical (unpaired) electrons. The summed E-state index contributed by atoms with van der Waals surface area (Å²) in [6.45, 7) is 1.53. The van der Waals surface area contributed by atoms with Crippen molar-refractivity contribution in [3.8, 4) is 0 Å². The predicted molar refractivity (Wildman–Crippen MR) is 31.5 cm³/mol. The maximum Gasteiger partial charge on any atom is 0.176 e. The van der Waals surface area contributed by atoms with E-state index in [1.54, 1.807) is 0 Å². The highest BCUT2D eigenvalue weighted by Crippen LogP contribution is 1.93. The van der Waals surface area contributed by atoms with Crippen LogP contribution < -0.4 is 5.32 Å². The topological polar surface area (TPSA) is 38.3 Å². The van der Waals surface area contributed by atoms with Crippen LogP contribution in [0.4, 0.5) is 0 Å². The second-order valence-corrected chi connectivity index (χ2v) is 1.66. The molecule has 3 heteroatoms. The Bertz CT molecular complexity index is 160. The molecule has 0 spiro atoms. The van der Waals surface area contributed by atoms with Gasteiger partial charge in [-0.15, -0.1) is 0 Å². The maximum atomic E-state index is 9.61. The van der Waals surface area contributed by atoms with Crippen LogP contribution in [0.2, 0.25) is 0 Å². The van der Waals surface area contributed by atoms with Crippen molar-refractivity contribution in [3.05, 3.63) is 11.8 Å². The molecule has 1 N–H and O–H groups in total. The molecule has 0 amide bonds. The SMILES string of the molecule is O=C=C=CC1NCCO1. The van der Waals surface area contributed by atoms with E-state index in [2.05, 4.69) is 11.0 Å². The molecule has 1 rings (SSSR count). The first-order chi connectivity index (χ1) is 4.43. The highest BCUT2D eigenvalue weighted by molar-refractivity contribution is 5.43. The van der Waals surface area contributed by atoms with Crippen LogP contribution in [0.3, 0.4) is 0 Å². The molecule has 0 aromatic heterocycles. The van der Waals surface area contributed by atoms with Crippen LogP contribution in [-0.4, -0.2) is 25.3 Å². The van der Waals surface area contributed by atoms with Crippen LogP contribution in [0, 0.1) is 0 Å². The van der Waals surface area contributed by atoms with Crippen LogP contribution in [0.15, 0.2) is 11.8 Å². The van der Waals surface area contributed by atoms with Gasteiger partial charge in [-0.25, -0.2) is 4.79 Å². The van der Waals surface area contributed by atoms with E-state index in [-0.39, 0.29) is 6.23 Å². The van der Waals surface area contributed by atoms with Gasteiger partial charge in [-0.05, 0) is 5.73 Å². The Morgan fingerprint density at radius 1 is 1.78 bits per heavy atom. The van der Waals surface area contributed by atoms with Crippen molar-refractivity contribution in [2.24, 2.45) is 0 Å². The van der Waals surface area contributed by atoms with E-state index in [1.807, 2.05) is 0 Å². The lowest BCUT2D eigenvalue weighted by atomic mass is 10.5. The molecule has 1 atom stereocenters. The van der Waals surface area contributed by atoms with Crippen molar-refractivity contribution in [2.75, 3.05) is 13.2 Å². The van der Waals surface area contributed by atoms with Gasteiger partial charge in [0, 0.05) is 12.6 Å². The Balaban J connectivity index is 2.43. The van der Waals surface area contributed by atoms with E-state index in [9.17, 15) is 4.79 Å². The predicted octanol–water partition coefficient (Wildman–Crippen LogP) is -0.525. The number of hydrogen-bond acceptors (Lipinski definition) is 3. The van der Waals surface area contributed by atoms with Crippen LogP contribution in [0.1, 0.15) is 0 Å². The molecule has 0 aromatic rings. The van der Waals surface area contributed by atoms with Gasteiger partial charge < -0.3 is 4.74 Å². The third-order valence-corrected chi connectivity index (χ3v) is 1.04. The van der Waals surface area contributed by atoms with Gasteiger partial charge in [-0.2, -0.15) is 0 Å². The molecule has 0 aliphatic carbocycles. The van der Waals surface area contributed by atoms with E-state index < -0.39 is 0 Å². The van der Waals surface area contributed by atoms with Gasteiger partial charge in [0.05, 0.1) is 6.61 Å². The number of carbonyl (C=O) groups excluding carboxylic acids is 1. The number of hydrogen-bond donors (Lipinski definition) is 1. The van der Waals surface area contributed by atoms with Crippen molar-refractivity contribution < 1.29 is 9.53 Å². The van der Waals surface area contributed by atoms with Gasteiger partial charge in [0.2, 0.25) is 0 Å². The normalized spacial score (nSPS) is 24.7. The Hall–Kier alpha value is -0.850. The smallest absolute Gasteiger partial charge is 0.176 e. The lowest BCUT2D eigenvalue weighted by Crippen LogP contribution is -2.19. The van der Waals surface area contributed by atoms with Crippen LogP contribution in [0.5, 0.6) is 0 Å². The molecular weight excluding hydrogens is 118 g/mol. The number of rotatable bonds is 1. The zero-order chi connectivity index (χ0) is 6.53. The summed E-state index contributed by atoms with van der Waals surface area (Å²) >= 11 is 0. The van der Waals surface area contributed by atoms with Crippen molar-refractivity contribution in [1.29, 1.82) is 0 Å². The molecule has 1 saturated heterocycles. The molecule has 1 aliphatic rings. The molecule has 1 fully saturated rings. The first kappa shape index (κ1) is 6.27. The minimum Gasteiger partial charge on any atom is -0.358 e. The summed E-state index contributed by atoms with van der Waals surface area (Å²) < 4.78 is 5.05. The van der Waals surface area contributed by atoms with Crippen molar-refractivity contribution in [1.82, 2.24) is 5.32 Å². The zero-order valence-electron chi connectivity index (χ0n) is 4.89. The zero-order valence-corrected chi connectivity index (χ0v) is 4.89. The molecule has 1 unspecified atom stereocenters. The molecule has 9 heavy (non-hydrogen) atoms. The van der Waals surface area contributed by atoms with Gasteiger partial charge in [-0.1, -0.05) is 0 Å². The summed E-state index contributed by atoms with van der Waals surface area (Å²) in [6.07, 6.45) is 1.38. The van der Waals surface area contributed by atoms with Gasteiger partial charge in [0.1, 0.15) is 6.23 Å². The van der Waals surface area contributed by atoms with Crippen molar-refractivity contribution in [3.63, 3.8) is 0 Å². The minimum absolute atomic E-state index is 0.133. The van der Waals surface area contributed by atoms with Gasteiger partial charge in [0.15, 0.2) is 5.94 Å². The van der Waals surface area contributed by atoms with Crippen molar-refractivity contribution in [2.45, 2.75) is 6.23 Å². The molecule has 0 aromatic carbocycles. The highest BCUT2D eigenvalue weighted by Gasteiger charge is 2.08. The van der Waals surface area contributed by atoms with Crippen LogP contribution in [0.25, 0.3) is 0 Å². The van der Waals surface area contributed by atoms with E-state index in [0.717, 1.165) is 6.54 Å². The van der Waals surface area contributed by atoms with Gasteiger partial charge in [-0.3, -0.25) is 5.32 Å². The third-order valence-electron chi connectivity index (χ3n) is 1.04. The average molecular weight is 125 g/mol.